The Kier molecular flexibility index (Phi) is 35.0. The molecule has 0 bridgehead atoms. The maximum Gasteiger partial charge on any atom is 0.515 e. The smallest absolute Gasteiger partial charge is 0.508 e. The van der Waals surface area contributed by atoms with E-state index in [0.29, 0.717) is 23.2 Å². The molecule has 3 heterocycles. The first-order valence-corrected chi connectivity index (χ1v) is 27.1. The van der Waals surface area contributed by atoms with Gasteiger partial charge in [0.15, 0.2) is 0 Å². The van der Waals surface area contributed by atoms with Gasteiger partial charge in [-0.3, -0.25) is 0 Å². The van der Waals surface area contributed by atoms with E-state index in [-0.39, 0.29) is 6.09 Å². The highest BCUT2D eigenvalue weighted by Gasteiger charge is 2.32. The minimum Gasteiger partial charge on any atom is -0.508 e. The summed E-state index contributed by atoms with van der Waals surface area (Å²) >= 11 is 35.3. The third-order valence-corrected chi connectivity index (χ3v) is 12.0. The molecular formula is C57H72Cl7N3O9. The van der Waals surface area contributed by atoms with Gasteiger partial charge < -0.3 is 43.9 Å². The number of ether oxygens (including phenoxy) is 5. The Labute approximate surface area is 486 Å². The molecule has 4 aromatic carbocycles. The predicted molar refractivity (Wildman–Crippen MR) is 313 cm³/mol. The monoisotopic (exact) mass is 1190 g/mol. The highest BCUT2D eigenvalue weighted by atomic mass is 35.6. The number of carbonyl (C=O) groups excluding carboxylic acids is 3. The van der Waals surface area contributed by atoms with E-state index in [4.69, 9.17) is 109 Å². The molecule has 0 unspecified atom stereocenters. The summed E-state index contributed by atoms with van der Waals surface area (Å²) in [5.74, 6) is 8.20. The SMILES string of the molecule is C#CCC1CCN(C(=O)Oc2ccc(C)c(C)c2)CC1.C#CCC1CCNCC1.C1CCOC1.CN(C)c1ccccc1.Cc1ccc(O)cc1C.Cc1ccc(OC(=O)Cl)cc1C.O=C(OC(Cl)(Cl)Cl)OC(Cl)(Cl)Cl. The lowest BCUT2D eigenvalue weighted by molar-refractivity contribution is 0.0508. The molecular weight excluding hydrogens is 1120 g/mol. The third kappa shape index (κ3) is 34.4. The summed E-state index contributed by atoms with van der Waals surface area (Å²) in [5, 5.41) is 12.2. The standard InChI is InChI=1S/C17H21NO2.C9H9ClO2.C8H11N.C8H13N.C8H10O.C4H8O.C3Cl6O3/c1-4-5-15-8-10-18(11-9-15)17(19)20-16-7-6-13(2)14(3)12-16;1-6-3-4-8(5-7(6)2)12-9(10)11;1-9(2)8-6-4-3-5-7-8;1-2-3-8-4-6-9-7-5-8;1-6-3-4-8(9)5-7(6)2;1-2-4-5-3-1;4-2(5,6)11-1(10)12-3(7,8)9/h1,6-7,12,15H,5,8-11H2,2-3H3;3-5H,1-2H3;3-7H,1-2H3;1,8-9H,3-7H2;3-5,9H,1-2H3;1-4H2;. The number of phenolic OH excluding ortho intramolecular Hbond substituents is 1. The van der Waals surface area contributed by atoms with E-state index in [0.717, 1.165) is 93.2 Å². The molecule has 3 fully saturated rings. The molecule has 3 saturated heterocycles. The molecule has 0 aromatic heterocycles. The predicted octanol–water partition coefficient (Wildman–Crippen LogP) is 15.9. The van der Waals surface area contributed by atoms with E-state index in [1.807, 2.05) is 104 Å². The summed E-state index contributed by atoms with van der Waals surface area (Å²) in [6.07, 6.45) is 17.7. The zero-order valence-corrected chi connectivity index (χ0v) is 49.8. The summed E-state index contributed by atoms with van der Waals surface area (Å²) in [4.78, 5) is 36.8. The van der Waals surface area contributed by atoms with Crippen LogP contribution in [0, 0.1) is 78.1 Å². The summed E-state index contributed by atoms with van der Waals surface area (Å²) in [5.41, 5.74) is 7.34. The third-order valence-electron chi connectivity index (χ3n) is 11.5. The number of terminal acetylenes is 2. The number of piperidine rings is 2. The fraction of sp³-hybridized carbons (Fsp3) is 0.456. The highest BCUT2D eigenvalue weighted by molar-refractivity contribution is 6.67. The molecule has 0 spiro atoms. The Hall–Kier alpha value is -4.44. The lowest BCUT2D eigenvalue weighted by Crippen LogP contribution is -2.40. The molecule has 1 amide bonds. The average molecular weight is 1190 g/mol. The van der Waals surface area contributed by atoms with Crippen molar-refractivity contribution >= 4 is 105 Å². The number of phenols is 1. The molecule has 76 heavy (non-hydrogen) atoms. The Morgan fingerprint density at radius 1 is 0.658 bits per heavy atom. The number of para-hydroxylation sites is 1. The molecule has 418 valence electrons. The van der Waals surface area contributed by atoms with Crippen LogP contribution in [0.1, 0.15) is 84.7 Å². The van der Waals surface area contributed by atoms with Crippen molar-refractivity contribution in [1.82, 2.24) is 10.2 Å². The van der Waals surface area contributed by atoms with Crippen LogP contribution in [0.3, 0.4) is 0 Å². The van der Waals surface area contributed by atoms with Crippen molar-refractivity contribution in [1.29, 1.82) is 0 Å². The number of benzene rings is 4. The van der Waals surface area contributed by atoms with Crippen LogP contribution in [0.2, 0.25) is 0 Å². The number of carbonyl (C=O) groups is 3. The molecule has 0 atom stereocenters. The molecule has 2 N–H and O–H groups in total. The van der Waals surface area contributed by atoms with Crippen LogP contribution in [0.4, 0.5) is 20.1 Å². The number of nitrogens with zero attached hydrogens (tertiary/aromatic N) is 2. The van der Waals surface area contributed by atoms with Gasteiger partial charge in [-0.2, -0.15) is 0 Å². The second-order valence-corrected chi connectivity index (χ2v) is 22.5. The Morgan fingerprint density at radius 3 is 1.45 bits per heavy atom. The maximum absolute atomic E-state index is 12.1. The number of anilines is 1. The Balaban J connectivity index is 0.000000459. The number of amides is 1. The van der Waals surface area contributed by atoms with E-state index in [1.165, 1.54) is 42.5 Å². The number of hydrogen-bond acceptors (Lipinski definition) is 11. The topological polar surface area (TPSA) is 136 Å². The van der Waals surface area contributed by atoms with Gasteiger partial charge in [-0.1, -0.05) is 36.4 Å². The van der Waals surface area contributed by atoms with Gasteiger partial charge in [0.25, 0.3) is 0 Å². The molecule has 7 rings (SSSR count). The van der Waals surface area contributed by atoms with Gasteiger partial charge in [0, 0.05) is 70.5 Å². The van der Waals surface area contributed by atoms with E-state index in [2.05, 4.69) is 48.4 Å². The normalized spacial score (nSPS) is 13.9. The fourth-order valence-electron chi connectivity index (χ4n) is 6.72. The van der Waals surface area contributed by atoms with Crippen molar-refractivity contribution in [2.45, 2.75) is 101 Å². The molecule has 0 radical (unpaired) electrons. The summed E-state index contributed by atoms with van der Waals surface area (Å²) in [7, 11) is 4.07. The van der Waals surface area contributed by atoms with Crippen molar-refractivity contribution in [3.05, 3.63) is 118 Å². The van der Waals surface area contributed by atoms with Crippen molar-refractivity contribution in [2.75, 3.05) is 58.4 Å². The Morgan fingerprint density at radius 2 is 1.09 bits per heavy atom. The number of rotatable bonds is 5. The number of halogens is 7. The van der Waals surface area contributed by atoms with Crippen LogP contribution >= 0.6 is 81.2 Å². The number of aryl methyl sites for hydroxylation is 6. The second-order valence-electron chi connectivity index (χ2n) is 17.8. The van der Waals surface area contributed by atoms with Crippen molar-refractivity contribution in [3.8, 4) is 41.9 Å². The van der Waals surface area contributed by atoms with Gasteiger partial charge in [0.05, 0.1) is 0 Å². The Bertz CT molecular complexity index is 2380. The van der Waals surface area contributed by atoms with Gasteiger partial charge in [-0.25, -0.2) is 14.4 Å². The van der Waals surface area contributed by atoms with Gasteiger partial charge in [-0.15, -0.1) is 24.7 Å². The minimum atomic E-state index is -2.24. The molecule has 19 heteroatoms. The van der Waals surface area contributed by atoms with Crippen molar-refractivity contribution < 1.29 is 43.2 Å². The molecule has 3 aliphatic rings. The van der Waals surface area contributed by atoms with Gasteiger partial charge in [0.2, 0.25) is 0 Å². The first kappa shape index (κ1) is 69.6. The van der Waals surface area contributed by atoms with E-state index >= 15 is 0 Å². The zero-order chi connectivity index (χ0) is 57.3. The summed E-state index contributed by atoms with van der Waals surface area (Å²) in [6, 6.07) is 26.7. The molecule has 3 aliphatic heterocycles. The van der Waals surface area contributed by atoms with Crippen LogP contribution < -0.4 is 19.7 Å². The summed E-state index contributed by atoms with van der Waals surface area (Å²) < 4.78 is 18.6. The number of nitrogens with one attached hydrogen (secondary N) is 1. The number of hydrogen-bond donors (Lipinski definition) is 2. The van der Waals surface area contributed by atoms with E-state index in [9.17, 15) is 14.4 Å². The lowest BCUT2D eigenvalue weighted by Gasteiger charge is -2.30. The number of aromatic hydroxyl groups is 1. The second kappa shape index (κ2) is 38.2. The van der Waals surface area contributed by atoms with Crippen LogP contribution in [0.25, 0.3) is 0 Å². The van der Waals surface area contributed by atoms with Gasteiger partial charge >= 0.3 is 25.6 Å². The fourth-order valence-corrected chi connectivity index (χ4v) is 7.19. The maximum atomic E-state index is 12.1. The largest absolute Gasteiger partial charge is 0.515 e. The van der Waals surface area contributed by atoms with Gasteiger partial charge in [-0.05, 0) is 257 Å². The van der Waals surface area contributed by atoms with Crippen LogP contribution in [-0.4, -0.2) is 89.1 Å². The number of likely N-dealkylation sites (tertiary alicyclic amines) is 1. The van der Waals surface area contributed by atoms with E-state index in [1.54, 1.807) is 29.2 Å². The average Bonchev–Trinajstić information content (AvgIpc) is 3.95. The quantitative estimate of drug-likeness (QED) is 0.0855. The highest BCUT2D eigenvalue weighted by Crippen LogP contribution is 2.32. The van der Waals surface area contributed by atoms with Crippen LogP contribution in [0.5, 0.6) is 17.2 Å². The van der Waals surface area contributed by atoms with Crippen LogP contribution in [0.15, 0.2) is 84.9 Å². The first-order valence-electron chi connectivity index (χ1n) is 24.4. The summed E-state index contributed by atoms with van der Waals surface area (Å²) in [6.45, 7) is 17.8. The van der Waals surface area contributed by atoms with Crippen molar-refractivity contribution in [2.24, 2.45) is 11.8 Å². The zero-order valence-electron chi connectivity index (χ0n) is 44.5. The van der Waals surface area contributed by atoms with Crippen molar-refractivity contribution in [3.63, 3.8) is 0 Å². The minimum absolute atomic E-state index is 0.257. The molecule has 0 saturated carbocycles. The molecule has 4 aromatic rings. The molecule has 12 nitrogen and oxygen atoms in total. The number of alkyl halides is 6. The van der Waals surface area contributed by atoms with Gasteiger partial charge in [0.1, 0.15) is 17.2 Å². The molecule has 0 aliphatic carbocycles. The van der Waals surface area contributed by atoms with E-state index < -0.39 is 19.5 Å². The first-order chi connectivity index (χ1) is 35.7. The lowest BCUT2D eigenvalue weighted by atomic mass is 9.94. The van der Waals surface area contributed by atoms with Crippen LogP contribution in [-0.2, 0) is 14.2 Å².